The first-order valence-corrected chi connectivity index (χ1v) is 10.8. The Bertz CT molecular complexity index is 848. The van der Waals surface area contributed by atoms with Gasteiger partial charge in [0.25, 0.3) is 5.56 Å². The monoisotopic (exact) mass is 401 g/mol. The van der Waals surface area contributed by atoms with E-state index in [-0.39, 0.29) is 11.5 Å². The summed E-state index contributed by atoms with van der Waals surface area (Å²) in [5, 5.41) is 8.51. The lowest BCUT2D eigenvalue weighted by molar-refractivity contribution is 0.0785. The van der Waals surface area contributed by atoms with E-state index in [1.165, 1.54) is 0 Å². The fraction of sp³-hybridized carbons (Fsp3) is 0.714. The maximum atomic E-state index is 12.3. The van der Waals surface area contributed by atoms with E-state index < -0.39 is 0 Å². The third kappa shape index (κ3) is 5.11. The Morgan fingerprint density at radius 1 is 1.14 bits per heavy atom. The van der Waals surface area contributed by atoms with Gasteiger partial charge in [-0.2, -0.15) is 0 Å². The summed E-state index contributed by atoms with van der Waals surface area (Å²) in [6, 6.07) is 1.67. The van der Waals surface area contributed by atoms with Crippen LogP contribution in [-0.2, 0) is 17.8 Å². The minimum Gasteiger partial charge on any atom is -0.424 e. The van der Waals surface area contributed by atoms with Gasteiger partial charge in [0.05, 0.1) is 18.6 Å². The minimum atomic E-state index is 0.0534. The van der Waals surface area contributed by atoms with Gasteiger partial charge in [0.15, 0.2) is 0 Å². The molecule has 2 aromatic rings. The number of ether oxygens (including phenoxy) is 1. The van der Waals surface area contributed by atoms with Crippen LogP contribution < -0.4 is 5.56 Å². The molecule has 8 heteroatoms. The van der Waals surface area contributed by atoms with Crippen LogP contribution in [0.3, 0.4) is 0 Å². The summed E-state index contributed by atoms with van der Waals surface area (Å²) in [7, 11) is 0. The van der Waals surface area contributed by atoms with Gasteiger partial charge in [-0.05, 0) is 50.6 Å². The van der Waals surface area contributed by atoms with Crippen LogP contribution >= 0.6 is 0 Å². The summed E-state index contributed by atoms with van der Waals surface area (Å²) >= 11 is 0. The zero-order chi connectivity index (χ0) is 20.2. The van der Waals surface area contributed by atoms with Gasteiger partial charge in [-0.25, -0.2) is 4.98 Å². The summed E-state index contributed by atoms with van der Waals surface area (Å²) in [6.45, 7) is 9.05. The SMILES string of the molecule is CC(C)c1cc(=O)n(CC2CCN(Cc3nnc(C4CCOCC4)o3)CC2)cn1. The van der Waals surface area contributed by atoms with Crippen molar-refractivity contribution >= 4 is 0 Å². The van der Waals surface area contributed by atoms with Crippen LogP contribution in [0, 0.1) is 5.92 Å². The minimum absolute atomic E-state index is 0.0534. The van der Waals surface area contributed by atoms with Gasteiger partial charge in [0.1, 0.15) is 0 Å². The topological polar surface area (TPSA) is 86.3 Å². The van der Waals surface area contributed by atoms with Crippen molar-refractivity contribution in [3.8, 4) is 0 Å². The first kappa shape index (κ1) is 20.2. The molecule has 0 N–H and O–H groups in total. The van der Waals surface area contributed by atoms with E-state index in [2.05, 4.69) is 33.9 Å². The second-order valence-electron chi connectivity index (χ2n) is 8.60. The summed E-state index contributed by atoms with van der Waals surface area (Å²) in [6.07, 6.45) is 5.73. The van der Waals surface area contributed by atoms with Crippen LogP contribution in [0.5, 0.6) is 0 Å². The lowest BCUT2D eigenvalue weighted by atomic mass is 9.96. The summed E-state index contributed by atoms with van der Waals surface area (Å²) in [4.78, 5) is 19.1. The van der Waals surface area contributed by atoms with Crippen molar-refractivity contribution in [2.24, 2.45) is 5.92 Å². The smallest absolute Gasteiger partial charge is 0.253 e. The van der Waals surface area contributed by atoms with Crippen molar-refractivity contribution in [3.63, 3.8) is 0 Å². The Morgan fingerprint density at radius 2 is 1.90 bits per heavy atom. The average molecular weight is 402 g/mol. The molecule has 0 unspecified atom stereocenters. The van der Waals surface area contributed by atoms with Crippen molar-refractivity contribution in [2.45, 2.75) is 64.5 Å². The van der Waals surface area contributed by atoms with Gasteiger partial charge in [0.2, 0.25) is 11.8 Å². The zero-order valence-electron chi connectivity index (χ0n) is 17.4. The molecule has 0 amide bonds. The maximum absolute atomic E-state index is 12.3. The highest BCUT2D eigenvalue weighted by Gasteiger charge is 2.24. The highest BCUT2D eigenvalue weighted by Crippen LogP contribution is 2.26. The predicted molar refractivity (Wildman–Crippen MR) is 108 cm³/mol. The second-order valence-corrected chi connectivity index (χ2v) is 8.60. The third-order valence-electron chi connectivity index (χ3n) is 6.07. The molecule has 2 aliphatic rings. The number of aromatic nitrogens is 4. The molecule has 2 aromatic heterocycles. The lowest BCUT2D eigenvalue weighted by Gasteiger charge is -2.31. The van der Waals surface area contributed by atoms with Gasteiger partial charge in [0, 0.05) is 31.7 Å². The Balaban J connectivity index is 1.26. The zero-order valence-corrected chi connectivity index (χ0v) is 17.4. The molecule has 0 atom stereocenters. The van der Waals surface area contributed by atoms with Crippen LogP contribution in [0.1, 0.15) is 68.8 Å². The Kier molecular flexibility index (Phi) is 6.40. The van der Waals surface area contributed by atoms with Gasteiger partial charge in [-0.3, -0.25) is 14.3 Å². The molecule has 0 spiro atoms. The van der Waals surface area contributed by atoms with Crippen LogP contribution in [0.4, 0.5) is 0 Å². The van der Waals surface area contributed by atoms with E-state index in [1.807, 2.05) is 0 Å². The molecule has 2 saturated heterocycles. The van der Waals surface area contributed by atoms with Crippen molar-refractivity contribution in [2.75, 3.05) is 26.3 Å². The van der Waals surface area contributed by atoms with Gasteiger partial charge in [-0.15, -0.1) is 10.2 Å². The standard InChI is InChI=1S/C21H31N5O3/c1-15(2)18-11-20(27)26(14-22-18)12-16-3-7-25(8-4-16)13-19-23-24-21(29-19)17-5-9-28-10-6-17/h11,14-17H,3-10,12-13H2,1-2H3. The Labute approximate surface area is 171 Å². The van der Waals surface area contributed by atoms with Gasteiger partial charge in [-0.1, -0.05) is 13.8 Å². The molecule has 2 aliphatic heterocycles. The van der Waals surface area contributed by atoms with E-state index in [0.717, 1.165) is 70.1 Å². The largest absolute Gasteiger partial charge is 0.424 e. The van der Waals surface area contributed by atoms with Crippen molar-refractivity contribution in [1.82, 2.24) is 24.6 Å². The van der Waals surface area contributed by atoms with E-state index in [4.69, 9.17) is 9.15 Å². The molecule has 0 radical (unpaired) electrons. The Hall–Kier alpha value is -2.06. The predicted octanol–water partition coefficient (Wildman–Crippen LogP) is 2.56. The number of piperidine rings is 1. The molecule has 158 valence electrons. The first-order valence-electron chi connectivity index (χ1n) is 10.8. The molecule has 2 fully saturated rings. The Morgan fingerprint density at radius 3 is 2.59 bits per heavy atom. The maximum Gasteiger partial charge on any atom is 0.253 e. The first-order chi connectivity index (χ1) is 14.1. The third-order valence-corrected chi connectivity index (χ3v) is 6.07. The molecule has 8 nitrogen and oxygen atoms in total. The van der Waals surface area contributed by atoms with Crippen LogP contribution in [0.2, 0.25) is 0 Å². The fourth-order valence-electron chi connectivity index (χ4n) is 4.13. The van der Waals surface area contributed by atoms with Crippen molar-refractivity contribution < 1.29 is 9.15 Å². The highest BCUT2D eigenvalue weighted by molar-refractivity contribution is 5.04. The number of hydrogen-bond donors (Lipinski definition) is 0. The molecule has 0 saturated carbocycles. The number of likely N-dealkylation sites (tertiary alicyclic amines) is 1. The van der Waals surface area contributed by atoms with Crippen molar-refractivity contribution in [3.05, 3.63) is 40.2 Å². The number of hydrogen-bond acceptors (Lipinski definition) is 7. The number of rotatable bonds is 6. The van der Waals surface area contributed by atoms with Crippen LogP contribution in [0.15, 0.2) is 21.6 Å². The van der Waals surface area contributed by atoms with E-state index in [1.54, 1.807) is 17.0 Å². The molecule has 0 aromatic carbocycles. The lowest BCUT2D eigenvalue weighted by Crippen LogP contribution is -2.36. The van der Waals surface area contributed by atoms with Gasteiger partial charge < -0.3 is 9.15 Å². The molecule has 29 heavy (non-hydrogen) atoms. The van der Waals surface area contributed by atoms with E-state index >= 15 is 0 Å². The van der Waals surface area contributed by atoms with Crippen LogP contribution in [-0.4, -0.2) is 51.0 Å². The highest BCUT2D eigenvalue weighted by atomic mass is 16.5. The quantitative estimate of drug-likeness (QED) is 0.735. The fourth-order valence-corrected chi connectivity index (χ4v) is 4.13. The van der Waals surface area contributed by atoms with Crippen LogP contribution in [0.25, 0.3) is 0 Å². The molecule has 0 aliphatic carbocycles. The van der Waals surface area contributed by atoms with Gasteiger partial charge >= 0.3 is 0 Å². The molecule has 0 bridgehead atoms. The van der Waals surface area contributed by atoms with E-state index in [0.29, 0.717) is 24.3 Å². The van der Waals surface area contributed by atoms with Crippen molar-refractivity contribution in [1.29, 1.82) is 0 Å². The molecule has 4 rings (SSSR count). The normalized spacial score (nSPS) is 19.8. The molecular weight excluding hydrogens is 370 g/mol. The summed E-state index contributed by atoms with van der Waals surface area (Å²) in [5.74, 6) is 2.57. The van der Waals surface area contributed by atoms with E-state index in [9.17, 15) is 4.79 Å². The second kappa shape index (κ2) is 9.17. The number of nitrogens with zero attached hydrogens (tertiary/aromatic N) is 5. The summed E-state index contributed by atoms with van der Waals surface area (Å²) in [5.41, 5.74) is 0.915. The average Bonchev–Trinajstić information content (AvgIpc) is 3.20. The molecule has 4 heterocycles. The summed E-state index contributed by atoms with van der Waals surface area (Å²) < 4.78 is 13.1. The molecular formula is C21H31N5O3.